The first-order chi connectivity index (χ1) is 15.9. The summed E-state index contributed by atoms with van der Waals surface area (Å²) >= 11 is 2.97. The highest BCUT2D eigenvalue weighted by Crippen LogP contribution is 2.35. The van der Waals surface area contributed by atoms with Crippen LogP contribution in [0.4, 0.5) is 5.69 Å². The zero-order valence-corrected chi connectivity index (χ0v) is 19.7. The van der Waals surface area contributed by atoms with Crippen molar-refractivity contribution >= 4 is 39.0 Å². The molecule has 0 amide bonds. The Morgan fingerprint density at radius 2 is 1.94 bits per heavy atom. The van der Waals surface area contributed by atoms with E-state index in [1.807, 2.05) is 18.4 Å². The molecular weight excluding hydrogens is 462 g/mol. The summed E-state index contributed by atoms with van der Waals surface area (Å²) in [7, 11) is 0. The number of thioether (sulfide) groups is 1. The van der Waals surface area contributed by atoms with Crippen molar-refractivity contribution in [2.24, 2.45) is 0 Å². The summed E-state index contributed by atoms with van der Waals surface area (Å²) in [5.74, 6) is 1.06. The highest BCUT2D eigenvalue weighted by molar-refractivity contribution is 7.98. The molecule has 0 saturated heterocycles. The van der Waals surface area contributed by atoms with Gasteiger partial charge in [-0.25, -0.2) is 4.98 Å². The van der Waals surface area contributed by atoms with Crippen LogP contribution in [0.3, 0.4) is 0 Å². The van der Waals surface area contributed by atoms with Crippen molar-refractivity contribution in [2.45, 2.75) is 56.5 Å². The van der Waals surface area contributed by atoms with Crippen molar-refractivity contribution < 1.29 is 9.34 Å². The number of hydrogen-bond donors (Lipinski definition) is 0. The monoisotopic (exact) mass is 483 g/mol. The van der Waals surface area contributed by atoms with Crippen LogP contribution >= 0.6 is 23.1 Å². The molecule has 0 atom stereocenters. The number of nitro benzene ring substituents is 1. The molecule has 0 N–H and O–H groups in total. The lowest BCUT2D eigenvalue weighted by molar-refractivity contribution is -0.384. The zero-order valence-electron chi connectivity index (χ0n) is 18.1. The summed E-state index contributed by atoms with van der Waals surface area (Å²) < 4.78 is 7.64. The molecule has 11 heteroatoms. The highest BCUT2D eigenvalue weighted by atomic mass is 32.2. The summed E-state index contributed by atoms with van der Waals surface area (Å²) in [4.78, 5) is 30.6. The number of rotatable bonds is 6. The van der Waals surface area contributed by atoms with Crippen molar-refractivity contribution in [3.8, 4) is 11.5 Å². The first-order valence-electron chi connectivity index (χ1n) is 10.6. The van der Waals surface area contributed by atoms with Gasteiger partial charge in [-0.05, 0) is 44.4 Å². The summed E-state index contributed by atoms with van der Waals surface area (Å²) in [6.45, 7) is 4.01. The van der Waals surface area contributed by atoms with Crippen LogP contribution in [0.15, 0.2) is 38.6 Å². The molecule has 1 aliphatic rings. The normalized spacial score (nSPS) is 14.4. The number of aryl methyl sites for hydroxylation is 2. The average Bonchev–Trinajstić information content (AvgIpc) is 3.54. The van der Waals surface area contributed by atoms with E-state index in [1.54, 1.807) is 23.5 Å². The molecule has 1 aliphatic carbocycles. The van der Waals surface area contributed by atoms with E-state index < -0.39 is 4.92 Å². The average molecular weight is 484 g/mol. The van der Waals surface area contributed by atoms with Gasteiger partial charge in [0.2, 0.25) is 11.8 Å². The van der Waals surface area contributed by atoms with Crippen LogP contribution in [0.2, 0.25) is 0 Å². The molecule has 33 heavy (non-hydrogen) atoms. The van der Waals surface area contributed by atoms with Gasteiger partial charge in [-0.1, -0.05) is 24.6 Å². The van der Waals surface area contributed by atoms with Gasteiger partial charge in [0.25, 0.3) is 11.2 Å². The maximum absolute atomic E-state index is 13.5. The maximum atomic E-state index is 13.5. The fourth-order valence-corrected chi connectivity index (χ4v) is 6.13. The van der Waals surface area contributed by atoms with Gasteiger partial charge < -0.3 is 4.42 Å². The minimum atomic E-state index is -0.454. The van der Waals surface area contributed by atoms with Crippen molar-refractivity contribution in [1.82, 2.24) is 19.7 Å². The third-order valence-electron chi connectivity index (χ3n) is 6.01. The van der Waals surface area contributed by atoms with Crippen LogP contribution in [0.5, 0.6) is 0 Å². The Bertz CT molecular complexity index is 1400. The Balaban J connectivity index is 1.43. The van der Waals surface area contributed by atoms with E-state index in [0.717, 1.165) is 46.3 Å². The molecule has 1 fully saturated rings. The number of non-ortho nitro benzene ring substituents is 1. The predicted molar refractivity (Wildman–Crippen MR) is 127 cm³/mol. The Hall–Kier alpha value is -3.05. The summed E-state index contributed by atoms with van der Waals surface area (Å²) in [5, 5.41) is 20.4. The van der Waals surface area contributed by atoms with Gasteiger partial charge >= 0.3 is 0 Å². The first-order valence-corrected chi connectivity index (χ1v) is 12.4. The fraction of sp³-hybridized carbons (Fsp3) is 0.364. The molecule has 3 heterocycles. The third-order valence-corrected chi connectivity index (χ3v) is 8.05. The molecule has 0 radical (unpaired) electrons. The highest BCUT2D eigenvalue weighted by Gasteiger charge is 2.25. The molecule has 0 spiro atoms. The number of aromatic nitrogens is 4. The van der Waals surface area contributed by atoms with Gasteiger partial charge in [-0.2, -0.15) is 0 Å². The number of fused-ring (bicyclic) bond motifs is 1. The Morgan fingerprint density at radius 3 is 2.64 bits per heavy atom. The lowest BCUT2D eigenvalue weighted by atomic mass is 10.2. The number of nitro groups is 1. The molecular formula is C22H21N5O4S2. The summed E-state index contributed by atoms with van der Waals surface area (Å²) in [6.07, 6.45) is 4.19. The minimum absolute atomic E-state index is 0.000513. The summed E-state index contributed by atoms with van der Waals surface area (Å²) in [6, 6.07) is 6.13. The number of benzene rings is 1. The standard InChI is InChI=1S/C22H21N5O4S2/c1-12-13(2)33-20-18(12)21(28)26(15-5-3-4-6-15)22(23-20)32-11-17-24-25-19(31-17)14-7-9-16(10-8-14)27(29)30/h7-10,15H,3-6,11H2,1-2H3. The molecule has 9 nitrogen and oxygen atoms in total. The minimum Gasteiger partial charge on any atom is -0.420 e. The molecule has 0 bridgehead atoms. The quantitative estimate of drug-likeness (QED) is 0.154. The lowest BCUT2D eigenvalue weighted by Gasteiger charge is -2.17. The molecule has 3 aromatic heterocycles. The van der Waals surface area contributed by atoms with Gasteiger partial charge in [0.1, 0.15) is 4.83 Å². The topological polar surface area (TPSA) is 117 Å². The Labute approximate surface area is 197 Å². The van der Waals surface area contributed by atoms with E-state index in [1.165, 1.54) is 23.9 Å². The van der Waals surface area contributed by atoms with Gasteiger partial charge in [-0.3, -0.25) is 19.5 Å². The second kappa shape index (κ2) is 8.71. The van der Waals surface area contributed by atoms with E-state index in [0.29, 0.717) is 28.3 Å². The van der Waals surface area contributed by atoms with E-state index in [9.17, 15) is 14.9 Å². The fourth-order valence-electron chi connectivity index (χ4n) is 4.15. The molecule has 170 valence electrons. The van der Waals surface area contributed by atoms with Gasteiger partial charge in [0.05, 0.1) is 16.1 Å². The van der Waals surface area contributed by atoms with Crippen LogP contribution in [-0.4, -0.2) is 24.7 Å². The van der Waals surface area contributed by atoms with E-state index in [4.69, 9.17) is 9.40 Å². The molecule has 0 aliphatic heterocycles. The smallest absolute Gasteiger partial charge is 0.269 e. The van der Waals surface area contributed by atoms with Crippen molar-refractivity contribution in [3.63, 3.8) is 0 Å². The molecule has 4 aromatic rings. The number of nitrogens with zero attached hydrogens (tertiary/aromatic N) is 5. The van der Waals surface area contributed by atoms with Crippen molar-refractivity contribution in [3.05, 3.63) is 61.1 Å². The number of thiophene rings is 1. The van der Waals surface area contributed by atoms with Crippen LogP contribution in [-0.2, 0) is 5.75 Å². The molecule has 5 rings (SSSR count). The Kier molecular flexibility index (Phi) is 5.75. The maximum Gasteiger partial charge on any atom is 0.269 e. The van der Waals surface area contributed by atoms with Gasteiger partial charge in [0, 0.05) is 28.6 Å². The van der Waals surface area contributed by atoms with Gasteiger partial charge in [0.15, 0.2) is 5.16 Å². The molecule has 1 saturated carbocycles. The third kappa shape index (κ3) is 4.06. The van der Waals surface area contributed by atoms with E-state index >= 15 is 0 Å². The van der Waals surface area contributed by atoms with E-state index in [-0.39, 0.29) is 17.3 Å². The lowest BCUT2D eigenvalue weighted by Crippen LogP contribution is -2.26. The van der Waals surface area contributed by atoms with E-state index in [2.05, 4.69) is 10.2 Å². The molecule has 1 aromatic carbocycles. The number of hydrogen-bond acceptors (Lipinski definition) is 9. The molecule has 0 unspecified atom stereocenters. The van der Waals surface area contributed by atoms with Crippen LogP contribution < -0.4 is 5.56 Å². The largest absolute Gasteiger partial charge is 0.420 e. The predicted octanol–water partition coefficient (Wildman–Crippen LogP) is 5.44. The summed E-state index contributed by atoms with van der Waals surface area (Å²) in [5.41, 5.74) is 1.66. The second-order valence-corrected chi connectivity index (χ2v) is 10.2. The van der Waals surface area contributed by atoms with Crippen molar-refractivity contribution in [2.75, 3.05) is 0 Å². The van der Waals surface area contributed by atoms with Gasteiger partial charge in [-0.15, -0.1) is 21.5 Å². The Morgan fingerprint density at radius 1 is 1.21 bits per heavy atom. The van der Waals surface area contributed by atoms with Crippen molar-refractivity contribution in [1.29, 1.82) is 0 Å². The van der Waals surface area contributed by atoms with Crippen LogP contribution in [0.1, 0.15) is 48.1 Å². The van der Waals surface area contributed by atoms with Crippen LogP contribution in [0, 0.1) is 24.0 Å². The zero-order chi connectivity index (χ0) is 23.1. The SMILES string of the molecule is Cc1sc2nc(SCc3nnc(-c4ccc([N+](=O)[O-])cc4)o3)n(C3CCCC3)c(=O)c2c1C. The van der Waals surface area contributed by atoms with Crippen LogP contribution in [0.25, 0.3) is 21.7 Å². The second-order valence-electron chi connectivity index (χ2n) is 8.06. The first kappa shape index (κ1) is 21.8.